The molecule has 0 saturated heterocycles. The van der Waals surface area contributed by atoms with Gasteiger partial charge in [-0.05, 0) is 34.7 Å². The molecule has 0 fully saturated rings. The van der Waals surface area contributed by atoms with Gasteiger partial charge in [0.25, 0.3) is 0 Å². The molecule has 0 spiro atoms. The van der Waals surface area contributed by atoms with Gasteiger partial charge in [0.15, 0.2) is 0 Å². The summed E-state index contributed by atoms with van der Waals surface area (Å²) >= 11 is 1.96. The third kappa shape index (κ3) is 2.87. The molecule has 0 saturated carbocycles. The maximum absolute atomic E-state index is 2.36. The van der Waals surface area contributed by atoms with Crippen molar-refractivity contribution in [2.75, 3.05) is 0 Å². The van der Waals surface area contributed by atoms with Crippen LogP contribution in [0.1, 0.15) is 44.4 Å². The standard InChI is InChI=1S/C28H22S.C2H6/c1-17-11-13-18(14-12-17)19-8-6-9-20-21-15-16-24-25(27(21)29-26(19)20)22-7-4-5-10-23(22)28(24,2)3;1-2/h4-16H,1-3H3;1-2H3. The maximum atomic E-state index is 2.36. The monoisotopic (exact) mass is 420 g/mol. The average Bonchev–Trinajstić information content (AvgIpc) is 3.29. The average molecular weight is 421 g/mol. The Morgan fingerprint density at radius 3 is 2.06 bits per heavy atom. The number of fused-ring (bicyclic) bond motifs is 7. The fourth-order valence-electron chi connectivity index (χ4n) is 5.00. The van der Waals surface area contributed by atoms with E-state index in [4.69, 9.17) is 0 Å². The van der Waals surface area contributed by atoms with Gasteiger partial charge >= 0.3 is 0 Å². The number of hydrogen-bond donors (Lipinski definition) is 0. The van der Waals surface area contributed by atoms with Crippen LogP contribution in [0.15, 0.2) is 78.9 Å². The second-order valence-electron chi connectivity index (χ2n) is 8.69. The lowest BCUT2D eigenvalue weighted by Gasteiger charge is -2.21. The second-order valence-corrected chi connectivity index (χ2v) is 9.71. The van der Waals surface area contributed by atoms with Gasteiger partial charge in [-0.1, -0.05) is 112 Å². The van der Waals surface area contributed by atoms with E-state index in [1.165, 1.54) is 59.1 Å². The Bertz CT molecular complexity index is 1410. The van der Waals surface area contributed by atoms with Crippen molar-refractivity contribution in [3.63, 3.8) is 0 Å². The van der Waals surface area contributed by atoms with Gasteiger partial charge in [-0.15, -0.1) is 11.3 Å². The Kier molecular flexibility index (Phi) is 4.75. The first-order valence-electron chi connectivity index (χ1n) is 11.2. The molecule has 6 rings (SSSR count). The molecule has 154 valence electrons. The highest BCUT2D eigenvalue weighted by Crippen LogP contribution is 2.54. The Balaban J connectivity index is 0.000000994. The van der Waals surface area contributed by atoms with Gasteiger partial charge in [0.1, 0.15) is 0 Å². The summed E-state index contributed by atoms with van der Waals surface area (Å²) in [5, 5.41) is 2.75. The van der Waals surface area contributed by atoms with Crippen molar-refractivity contribution in [2.24, 2.45) is 0 Å². The summed E-state index contributed by atoms with van der Waals surface area (Å²) < 4.78 is 2.82. The molecular formula is C30H28S. The van der Waals surface area contributed by atoms with Crippen molar-refractivity contribution >= 4 is 31.5 Å². The number of rotatable bonds is 1. The first kappa shape index (κ1) is 20.0. The van der Waals surface area contributed by atoms with E-state index in [1.54, 1.807) is 0 Å². The molecule has 1 heterocycles. The van der Waals surface area contributed by atoms with Crippen molar-refractivity contribution in [1.29, 1.82) is 0 Å². The summed E-state index contributed by atoms with van der Waals surface area (Å²) in [6.07, 6.45) is 0. The number of benzene rings is 4. The molecular weight excluding hydrogens is 392 g/mol. The minimum absolute atomic E-state index is 0.0517. The summed E-state index contributed by atoms with van der Waals surface area (Å²) in [6, 6.07) is 29.3. The third-order valence-corrected chi connectivity index (χ3v) is 7.84. The molecule has 0 unspecified atom stereocenters. The molecule has 1 aromatic heterocycles. The fraction of sp³-hybridized carbons (Fsp3) is 0.200. The number of thiophene rings is 1. The largest absolute Gasteiger partial charge is 0.134 e. The van der Waals surface area contributed by atoms with Crippen LogP contribution in [0.4, 0.5) is 0 Å². The van der Waals surface area contributed by atoms with Gasteiger partial charge < -0.3 is 0 Å². The Labute approximate surface area is 189 Å². The lowest BCUT2D eigenvalue weighted by atomic mass is 9.82. The van der Waals surface area contributed by atoms with Crippen LogP contribution < -0.4 is 0 Å². The normalized spacial score (nSPS) is 13.6. The van der Waals surface area contributed by atoms with Crippen LogP contribution in [-0.4, -0.2) is 0 Å². The van der Waals surface area contributed by atoms with Crippen LogP contribution in [0.2, 0.25) is 0 Å². The zero-order chi connectivity index (χ0) is 21.8. The van der Waals surface area contributed by atoms with Gasteiger partial charge in [0.05, 0.1) is 0 Å². The van der Waals surface area contributed by atoms with E-state index in [9.17, 15) is 0 Å². The van der Waals surface area contributed by atoms with Gasteiger partial charge in [-0.3, -0.25) is 0 Å². The molecule has 4 aromatic carbocycles. The molecule has 0 radical (unpaired) electrons. The van der Waals surface area contributed by atoms with E-state index < -0.39 is 0 Å². The number of aryl methyl sites for hydroxylation is 1. The van der Waals surface area contributed by atoms with Crippen LogP contribution in [0.25, 0.3) is 42.4 Å². The third-order valence-electron chi connectivity index (χ3n) is 6.57. The number of hydrogen-bond acceptors (Lipinski definition) is 1. The fourth-order valence-corrected chi connectivity index (χ4v) is 6.40. The Morgan fingerprint density at radius 1 is 0.613 bits per heavy atom. The van der Waals surface area contributed by atoms with Crippen LogP contribution in [0.3, 0.4) is 0 Å². The molecule has 31 heavy (non-hydrogen) atoms. The molecule has 0 aliphatic heterocycles. The van der Waals surface area contributed by atoms with Crippen LogP contribution in [-0.2, 0) is 5.41 Å². The lowest BCUT2D eigenvalue weighted by molar-refractivity contribution is 0.661. The summed E-state index contributed by atoms with van der Waals surface area (Å²) in [6.45, 7) is 10.9. The van der Waals surface area contributed by atoms with Crippen molar-refractivity contribution in [3.05, 3.63) is 95.6 Å². The summed E-state index contributed by atoms with van der Waals surface area (Å²) in [4.78, 5) is 0. The predicted molar refractivity (Wildman–Crippen MR) is 138 cm³/mol. The van der Waals surface area contributed by atoms with E-state index in [-0.39, 0.29) is 5.41 Å². The summed E-state index contributed by atoms with van der Waals surface area (Å²) in [7, 11) is 0. The summed E-state index contributed by atoms with van der Waals surface area (Å²) in [5.41, 5.74) is 9.73. The van der Waals surface area contributed by atoms with Crippen molar-refractivity contribution in [2.45, 2.75) is 40.0 Å². The molecule has 0 nitrogen and oxygen atoms in total. The quantitative estimate of drug-likeness (QED) is 0.253. The SMILES string of the molecule is CC.Cc1ccc(-c2cccc3c2sc2c4c(ccc23)C(C)(C)c2ccccc2-4)cc1. The van der Waals surface area contributed by atoms with Crippen LogP contribution in [0.5, 0.6) is 0 Å². The molecule has 0 amide bonds. The van der Waals surface area contributed by atoms with Crippen LogP contribution in [0, 0.1) is 6.92 Å². The Morgan fingerprint density at radius 2 is 1.29 bits per heavy atom. The lowest BCUT2D eigenvalue weighted by Crippen LogP contribution is -2.14. The van der Waals surface area contributed by atoms with Crippen molar-refractivity contribution < 1.29 is 0 Å². The van der Waals surface area contributed by atoms with Gasteiger partial charge in [-0.2, -0.15) is 0 Å². The molecule has 0 bridgehead atoms. The van der Waals surface area contributed by atoms with E-state index in [2.05, 4.69) is 99.6 Å². The summed E-state index contributed by atoms with van der Waals surface area (Å²) in [5.74, 6) is 0. The van der Waals surface area contributed by atoms with E-state index >= 15 is 0 Å². The van der Waals surface area contributed by atoms with Crippen molar-refractivity contribution in [3.8, 4) is 22.3 Å². The van der Waals surface area contributed by atoms with E-state index in [0.29, 0.717) is 0 Å². The highest BCUT2D eigenvalue weighted by atomic mass is 32.1. The minimum Gasteiger partial charge on any atom is -0.134 e. The first-order chi connectivity index (χ1) is 15.1. The first-order valence-corrected chi connectivity index (χ1v) is 12.0. The zero-order valence-corrected chi connectivity index (χ0v) is 19.7. The molecule has 1 aliphatic rings. The maximum Gasteiger partial charge on any atom is 0.0437 e. The van der Waals surface area contributed by atoms with E-state index in [1.807, 2.05) is 25.2 Å². The zero-order valence-electron chi connectivity index (χ0n) is 18.9. The highest BCUT2D eigenvalue weighted by Gasteiger charge is 2.36. The van der Waals surface area contributed by atoms with Crippen molar-refractivity contribution in [1.82, 2.24) is 0 Å². The van der Waals surface area contributed by atoms with Gasteiger partial charge in [0.2, 0.25) is 0 Å². The smallest absolute Gasteiger partial charge is 0.0437 e. The van der Waals surface area contributed by atoms with E-state index in [0.717, 1.165) is 0 Å². The topological polar surface area (TPSA) is 0 Å². The predicted octanol–water partition coefficient (Wildman–Crippen LogP) is 9.36. The molecule has 5 aromatic rings. The second kappa shape index (κ2) is 7.35. The van der Waals surface area contributed by atoms with Gasteiger partial charge in [0, 0.05) is 31.2 Å². The van der Waals surface area contributed by atoms with Gasteiger partial charge in [-0.25, -0.2) is 0 Å². The molecule has 0 N–H and O–H groups in total. The molecule has 1 heteroatoms. The molecule has 1 aliphatic carbocycles. The highest BCUT2D eigenvalue weighted by molar-refractivity contribution is 7.27. The van der Waals surface area contributed by atoms with Crippen LogP contribution >= 0.6 is 11.3 Å². The minimum atomic E-state index is 0.0517. The molecule has 0 atom stereocenters. The Hall–Kier alpha value is -2.90.